The molecule has 1 saturated carbocycles. The van der Waals surface area contributed by atoms with E-state index in [1.807, 2.05) is 0 Å². The van der Waals surface area contributed by atoms with E-state index in [4.69, 9.17) is 9.84 Å². The van der Waals surface area contributed by atoms with Crippen molar-refractivity contribution >= 4 is 17.6 Å². The second kappa shape index (κ2) is 6.26. The molecule has 0 aliphatic heterocycles. The largest absolute Gasteiger partial charge is 0.481 e. The van der Waals surface area contributed by atoms with E-state index in [2.05, 4.69) is 5.32 Å². The summed E-state index contributed by atoms with van der Waals surface area (Å²) in [6.45, 7) is 2.05. The molecule has 1 aliphatic rings. The molecule has 1 amide bonds. The van der Waals surface area contributed by atoms with Crippen molar-refractivity contribution in [2.75, 3.05) is 19.0 Å². The van der Waals surface area contributed by atoms with Crippen molar-refractivity contribution < 1.29 is 19.4 Å². The number of amides is 1. The van der Waals surface area contributed by atoms with Crippen LogP contribution in [0.25, 0.3) is 0 Å². The molecule has 1 aromatic carbocycles. The van der Waals surface area contributed by atoms with Crippen molar-refractivity contribution in [2.24, 2.45) is 5.41 Å². The Kier molecular flexibility index (Phi) is 4.63. The number of carboxylic acid groups (broad SMARTS) is 1. The second-order valence-corrected chi connectivity index (χ2v) is 5.71. The predicted molar refractivity (Wildman–Crippen MR) is 79.3 cm³/mol. The van der Waals surface area contributed by atoms with Gasteiger partial charge in [-0.2, -0.15) is 0 Å². The third kappa shape index (κ3) is 3.24. The van der Waals surface area contributed by atoms with Gasteiger partial charge >= 0.3 is 5.97 Å². The SMILES string of the molecule is COCC1(C(=O)Nc2cccc(C(C)C(=O)O)c2)CCC1. The van der Waals surface area contributed by atoms with E-state index in [9.17, 15) is 9.59 Å². The molecule has 1 fully saturated rings. The lowest BCUT2D eigenvalue weighted by molar-refractivity contribution is -0.138. The number of anilines is 1. The highest BCUT2D eigenvalue weighted by atomic mass is 16.5. The van der Waals surface area contributed by atoms with Crippen LogP contribution in [0.5, 0.6) is 0 Å². The molecule has 1 aromatic rings. The lowest BCUT2D eigenvalue weighted by Crippen LogP contribution is -2.45. The minimum atomic E-state index is -0.881. The maximum Gasteiger partial charge on any atom is 0.310 e. The number of benzene rings is 1. The summed E-state index contributed by atoms with van der Waals surface area (Å²) in [5.74, 6) is -1.53. The van der Waals surface area contributed by atoms with Gasteiger partial charge in [0.1, 0.15) is 0 Å². The summed E-state index contributed by atoms with van der Waals surface area (Å²) in [5.41, 5.74) is 0.881. The minimum absolute atomic E-state index is 0.0456. The van der Waals surface area contributed by atoms with Crippen molar-refractivity contribution in [3.8, 4) is 0 Å². The molecule has 0 saturated heterocycles. The molecular formula is C16H21NO4. The van der Waals surface area contributed by atoms with Gasteiger partial charge in [0.25, 0.3) is 0 Å². The predicted octanol–water partition coefficient (Wildman–Crippen LogP) is 2.63. The van der Waals surface area contributed by atoms with E-state index in [0.717, 1.165) is 19.3 Å². The van der Waals surface area contributed by atoms with Crippen LogP contribution in [0.1, 0.15) is 37.7 Å². The summed E-state index contributed by atoms with van der Waals surface area (Å²) in [5, 5.41) is 11.9. The molecule has 5 heteroatoms. The molecule has 5 nitrogen and oxygen atoms in total. The fraction of sp³-hybridized carbons (Fsp3) is 0.500. The van der Waals surface area contributed by atoms with Crippen molar-refractivity contribution in [3.05, 3.63) is 29.8 Å². The highest BCUT2D eigenvalue weighted by Gasteiger charge is 2.44. The smallest absolute Gasteiger partial charge is 0.310 e. The Morgan fingerprint density at radius 2 is 2.14 bits per heavy atom. The normalized spacial score (nSPS) is 17.6. The summed E-state index contributed by atoms with van der Waals surface area (Å²) in [7, 11) is 1.60. The van der Waals surface area contributed by atoms with Gasteiger partial charge in [-0.15, -0.1) is 0 Å². The third-order valence-electron chi connectivity index (χ3n) is 4.23. The van der Waals surface area contributed by atoms with Crippen LogP contribution in [0, 0.1) is 5.41 Å². The fourth-order valence-corrected chi connectivity index (χ4v) is 2.61. The molecular weight excluding hydrogens is 270 g/mol. The van der Waals surface area contributed by atoms with Crippen molar-refractivity contribution in [2.45, 2.75) is 32.1 Å². The van der Waals surface area contributed by atoms with E-state index in [1.165, 1.54) is 0 Å². The zero-order valence-electron chi connectivity index (χ0n) is 12.4. The number of carboxylic acids is 1. The van der Waals surface area contributed by atoms with Crippen molar-refractivity contribution in [1.29, 1.82) is 0 Å². The van der Waals surface area contributed by atoms with Gasteiger partial charge in [0.15, 0.2) is 0 Å². The maximum atomic E-state index is 12.4. The molecule has 1 unspecified atom stereocenters. The van der Waals surface area contributed by atoms with Crippen molar-refractivity contribution in [1.82, 2.24) is 0 Å². The number of methoxy groups -OCH3 is 1. The molecule has 0 spiro atoms. The van der Waals surface area contributed by atoms with Gasteiger partial charge < -0.3 is 15.2 Å². The molecule has 2 N–H and O–H groups in total. The Morgan fingerprint density at radius 1 is 1.43 bits per heavy atom. The van der Waals surface area contributed by atoms with Gasteiger partial charge in [-0.25, -0.2) is 0 Å². The van der Waals surface area contributed by atoms with E-state index in [1.54, 1.807) is 38.3 Å². The molecule has 0 radical (unpaired) electrons. The summed E-state index contributed by atoms with van der Waals surface area (Å²) in [4.78, 5) is 23.4. The van der Waals surface area contributed by atoms with Crippen LogP contribution in [0.4, 0.5) is 5.69 Å². The van der Waals surface area contributed by atoms with Crippen LogP contribution in [-0.2, 0) is 14.3 Å². The molecule has 1 atom stereocenters. The number of hydrogen-bond acceptors (Lipinski definition) is 3. The van der Waals surface area contributed by atoms with E-state index in [0.29, 0.717) is 17.9 Å². The monoisotopic (exact) mass is 291 g/mol. The Balaban J connectivity index is 2.11. The molecule has 0 heterocycles. The quantitative estimate of drug-likeness (QED) is 0.844. The summed E-state index contributed by atoms with van der Waals surface area (Å²) in [6, 6.07) is 7.00. The highest BCUT2D eigenvalue weighted by molar-refractivity contribution is 5.96. The first-order valence-corrected chi connectivity index (χ1v) is 7.12. The summed E-state index contributed by atoms with van der Waals surface area (Å²) in [6.07, 6.45) is 2.70. The van der Waals surface area contributed by atoms with Crippen LogP contribution in [0.3, 0.4) is 0 Å². The zero-order chi connectivity index (χ0) is 15.5. The maximum absolute atomic E-state index is 12.4. The van der Waals surface area contributed by atoms with Crippen LogP contribution < -0.4 is 5.32 Å². The van der Waals surface area contributed by atoms with Gasteiger partial charge in [0, 0.05) is 12.8 Å². The zero-order valence-corrected chi connectivity index (χ0v) is 12.4. The Labute approximate surface area is 124 Å². The molecule has 0 bridgehead atoms. The average molecular weight is 291 g/mol. The molecule has 0 aromatic heterocycles. The number of rotatable bonds is 6. The minimum Gasteiger partial charge on any atom is -0.481 e. The summed E-state index contributed by atoms with van der Waals surface area (Å²) < 4.78 is 5.16. The first kappa shape index (κ1) is 15.5. The average Bonchev–Trinajstić information content (AvgIpc) is 2.42. The number of aliphatic carboxylic acids is 1. The lowest BCUT2D eigenvalue weighted by Gasteiger charge is -2.39. The van der Waals surface area contributed by atoms with E-state index < -0.39 is 17.3 Å². The number of ether oxygens (including phenoxy) is 1. The molecule has 2 rings (SSSR count). The number of carbonyl (C=O) groups excluding carboxylic acids is 1. The number of carbonyl (C=O) groups is 2. The summed E-state index contributed by atoms with van der Waals surface area (Å²) >= 11 is 0. The number of nitrogens with one attached hydrogen (secondary N) is 1. The lowest BCUT2D eigenvalue weighted by atomic mass is 9.68. The van der Waals surface area contributed by atoms with Gasteiger partial charge in [-0.05, 0) is 37.5 Å². The highest BCUT2D eigenvalue weighted by Crippen LogP contribution is 2.42. The van der Waals surface area contributed by atoms with Crippen molar-refractivity contribution in [3.63, 3.8) is 0 Å². The number of hydrogen-bond donors (Lipinski definition) is 2. The molecule has 1 aliphatic carbocycles. The Bertz CT molecular complexity index is 537. The first-order valence-electron chi connectivity index (χ1n) is 7.12. The molecule has 114 valence electrons. The third-order valence-corrected chi connectivity index (χ3v) is 4.23. The van der Waals surface area contributed by atoms with Gasteiger partial charge in [0.05, 0.1) is 17.9 Å². The van der Waals surface area contributed by atoms with E-state index in [-0.39, 0.29) is 5.91 Å². The Hall–Kier alpha value is -1.88. The van der Waals surface area contributed by atoms with Crippen LogP contribution >= 0.6 is 0 Å². The topological polar surface area (TPSA) is 75.6 Å². The second-order valence-electron chi connectivity index (χ2n) is 5.71. The van der Waals surface area contributed by atoms with Crippen LogP contribution in [-0.4, -0.2) is 30.7 Å². The van der Waals surface area contributed by atoms with Gasteiger partial charge in [-0.1, -0.05) is 18.6 Å². The van der Waals surface area contributed by atoms with Gasteiger partial charge in [-0.3, -0.25) is 9.59 Å². The van der Waals surface area contributed by atoms with Crippen LogP contribution in [0.2, 0.25) is 0 Å². The molecule has 21 heavy (non-hydrogen) atoms. The first-order chi connectivity index (χ1) is 9.98. The standard InChI is InChI=1S/C16H21NO4/c1-11(14(18)19)12-5-3-6-13(9-12)17-15(20)16(10-21-2)7-4-8-16/h3,5-6,9,11H,4,7-8,10H2,1-2H3,(H,17,20)(H,18,19). The Morgan fingerprint density at radius 3 is 2.67 bits per heavy atom. The van der Waals surface area contributed by atoms with E-state index >= 15 is 0 Å². The fourth-order valence-electron chi connectivity index (χ4n) is 2.61. The van der Waals surface area contributed by atoms with Crippen LogP contribution in [0.15, 0.2) is 24.3 Å². The van der Waals surface area contributed by atoms with Gasteiger partial charge in [0.2, 0.25) is 5.91 Å².